The van der Waals surface area contributed by atoms with Crippen molar-refractivity contribution in [2.24, 2.45) is 0 Å². The van der Waals surface area contributed by atoms with Crippen molar-refractivity contribution in [3.63, 3.8) is 0 Å². The van der Waals surface area contributed by atoms with Crippen LogP contribution < -0.4 is 14.8 Å². The zero-order chi connectivity index (χ0) is 38.5. The Bertz CT molecular complexity index is 2490. The number of halogens is 2. The number of methoxy groups -OCH3 is 1. The molecule has 0 saturated carbocycles. The third kappa shape index (κ3) is 7.94. The first-order chi connectivity index (χ1) is 26.7. The molecule has 3 heterocycles. The van der Waals surface area contributed by atoms with Crippen molar-refractivity contribution in [1.82, 2.24) is 15.0 Å². The summed E-state index contributed by atoms with van der Waals surface area (Å²) in [5, 5.41) is 14.9. The monoisotopic (exact) mass is 774 g/mol. The highest BCUT2D eigenvalue weighted by atomic mass is 35.5. The summed E-state index contributed by atoms with van der Waals surface area (Å²) < 4.78 is 31.5. The number of pyridine rings is 1. The molecule has 0 radical (unpaired) electrons. The number of esters is 1. The Morgan fingerprint density at radius 3 is 2.45 bits per heavy atom. The highest BCUT2D eigenvalue weighted by Gasteiger charge is 2.27. The molecule has 9 nitrogen and oxygen atoms in total. The van der Waals surface area contributed by atoms with Crippen molar-refractivity contribution >= 4 is 44.8 Å². The number of nitrogens with zero attached hydrogens (tertiary/aromatic N) is 3. The third-order valence-electron chi connectivity index (χ3n) is 9.07. The van der Waals surface area contributed by atoms with Crippen LogP contribution in [0.15, 0.2) is 109 Å². The average Bonchev–Trinajstić information content (AvgIpc) is 3.60. The first-order valence-corrected chi connectivity index (χ1v) is 18.7. The van der Waals surface area contributed by atoms with Gasteiger partial charge in [0.25, 0.3) is 0 Å². The van der Waals surface area contributed by atoms with Crippen molar-refractivity contribution in [1.29, 1.82) is 0 Å². The summed E-state index contributed by atoms with van der Waals surface area (Å²) in [7, 11) is 1.61. The van der Waals surface area contributed by atoms with E-state index >= 15 is 0 Å². The molecule has 0 fully saturated rings. The predicted molar refractivity (Wildman–Crippen MR) is 214 cm³/mol. The Balaban J connectivity index is 1.24. The summed E-state index contributed by atoms with van der Waals surface area (Å²) in [5.74, 6) is 0.924. The van der Waals surface area contributed by atoms with Gasteiger partial charge in [0.2, 0.25) is 0 Å². The Morgan fingerprint density at radius 1 is 0.927 bits per heavy atom. The lowest BCUT2D eigenvalue weighted by atomic mass is 9.94. The number of phenolic OH excluding ortho intramolecular Hbond substituents is 1. The van der Waals surface area contributed by atoms with E-state index in [4.69, 9.17) is 35.8 Å². The Kier molecular flexibility index (Phi) is 11.2. The van der Waals surface area contributed by atoms with E-state index in [0.717, 1.165) is 38.1 Å². The van der Waals surface area contributed by atoms with Gasteiger partial charge in [0.05, 0.1) is 30.0 Å². The number of anilines is 1. The smallest absolute Gasteiger partial charge is 0.328 e. The first kappa shape index (κ1) is 37.3. The number of rotatable bonds is 13. The number of aromatic hydroxyl groups is 1. The van der Waals surface area contributed by atoms with E-state index in [2.05, 4.69) is 10.3 Å². The Morgan fingerprint density at radius 2 is 1.67 bits per heavy atom. The molecule has 278 valence electrons. The van der Waals surface area contributed by atoms with Crippen LogP contribution in [0, 0.1) is 12.7 Å². The molecule has 2 N–H and O–H groups in total. The Hall–Kier alpha value is -6.04. The summed E-state index contributed by atoms with van der Waals surface area (Å²) >= 11 is 8.01. The molecular weight excluding hydrogens is 739 g/mol. The van der Waals surface area contributed by atoms with Crippen LogP contribution in [0.1, 0.15) is 23.7 Å². The lowest BCUT2D eigenvalue weighted by molar-refractivity contribution is -0.144. The molecule has 7 rings (SSSR count). The van der Waals surface area contributed by atoms with Crippen molar-refractivity contribution < 1.29 is 28.5 Å². The van der Waals surface area contributed by atoms with Gasteiger partial charge in [-0.15, -0.1) is 11.3 Å². The average molecular weight is 775 g/mol. The van der Waals surface area contributed by atoms with E-state index in [0.29, 0.717) is 39.1 Å². The minimum absolute atomic E-state index is 0.0397. The second-order valence-corrected chi connectivity index (χ2v) is 13.9. The number of benzene rings is 4. The molecule has 0 saturated heterocycles. The molecule has 0 aliphatic rings. The van der Waals surface area contributed by atoms with Crippen LogP contribution in [-0.4, -0.2) is 45.8 Å². The topological polar surface area (TPSA) is 116 Å². The molecule has 7 aromatic rings. The van der Waals surface area contributed by atoms with E-state index in [1.165, 1.54) is 23.5 Å². The van der Waals surface area contributed by atoms with Crippen molar-refractivity contribution in [2.45, 2.75) is 32.9 Å². The number of carbonyl (C=O) groups is 1. The van der Waals surface area contributed by atoms with Gasteiger partial charge in [0.1, 0.15) is 40.5 Å². The van der Waals surface area contributed by atoms with Crippen molar-refractivity contribution in [3.05, 3.63) is 137 Å². The van der Waals surface area contributed by atoms with Gasteiger partial charge in [-0.05, 0) is 84.6 Å². The van der Waals surface area contributed by atoms with Gasteiger partial charge in [-0.2, -0.15) is 0 Å². The summed E-state index contributed by atoms with van der Waals surface area (Å²) in [6, 6.07) is 27.4. The van der Waals surface area contributed by atoms with Gasteiger partial charge >= 0.3 is 5.97 Å². The molecule has 3 aromatic heterocycles. The van der Waals surface area contributed by atoms with E-state index < -0.39 is 12.0 Å². The fraction of sp³-hybridized carbons (Fsp3) is 0.163. The molecule has 0 amide bonds. The normalized spacial score (nSPS) is 11.7. The highest BCUT2D eigenvalue weighted by molar-refractivity contribution is 7.22. The quantitative estimate of drug-likeness (QED) is 0.110. The lowest BCUT2D eigenvalue weighted by Gasteiger charge is -2.21. The van der Waals surface area contributed by atoms with E-state index in [1.54, 1.807) is 56.8 Å². The number of thiophene rings is 1. The van der Waals surface area contributed by atoms with Gasteiger partial charge in [-0.3, -0.25) is 0 Å². The van der Waals surface area contributed by atoms with Crippen LogP contribution >= 0.6 is 22.9 Å². The summed E-state index contributed by atoms with van der Waals surface area (Å²) in [5.41, 5.74) is 5.82. The number of hydrogen-bond donors (Lipinski definition) is 2. The first-order valence-electron chi connectivity index (χ1n) is 17.5. The van der Waals surface area contributed by atoms with Crippen LogP contribution in [0.5, 0.6) is 17.2 Å². The van der Waals surface area contributed by atoms with Crippen LogP contribution in [-0.2, 0) is 22.6 Å². The minimum Gasteiger partial charge on any atom is -0.506 e. The van der Waals surface area contributed by atoms with Gasteiger partial charge in [0, 0.05) is 40.3 Å². The number of para-hydroxylation sites is 2. The fourth-order valence-electron chi connectivity index (χ4n) is 6.39. The van der Waals surface area contributed by atoms with Gasteiger partial charge in [-0.1, -0.05) is 60.1 Å². The van der Waals surface area contributed by atoms with E-state index in [1.807, 2.05) is 61.5 Å². The molecule has 0 bridgehead atoms. The van der Waals surface area contributed by atoms with Gasteiger partial charge in [0.15, 0.2) is 5.82 Å². The third-order valence-corrected chi connectivity index (χ3v) is 10.7. The van der Waals surface area contributed by atoms with E-state index in [-0.39, 0.29) is 36.2 Å². The lowest BCUT2D eigenvalue weighted by Crippen LogP contribution is -2.33. The number of fused-ring (bicyclic) bond motifs is 1. The second kappa shape index (κ2) is 16.5. The maximum absolute atomic E-state index is 14.1. The number of ether oxygens (including phenoxy) is 3. The zero-order valence-electron chi connectivity index (χ0n) is 30.2. The number of aromatic nitrogens is 3. The molecule has 0 spiro atoms. The molecule has 1 atom stereocenters. The molecule has 0 aliphatic carbocycles. The number of phenols is 1. The van der Waals surface area contributed by atoms with Gasteiger partial charge in [-0.25, -0.2) is 24.1 Å². The number of nitrogens with one attached hydrogen (secondary N) is 1. The summed E-state index contributed by atoms with van der Waals surface area (Å²) in [6.45, 7) is 3.94. The molecule has 55 heavy (non-hydrogen) atoms. The largest absolute Gasteiger partial charge is 0.506 e. The summed E-state index contributed by atoms with van der Waals surface area (Å²) in [6.07, 6.45) is 3.59. The number of hydrogen-bond acceptors (Lipinski definition) is 10. The van der Waals surface area contributed by atoms with Crippen LogP contribution in [0.2, 0.25) is 5.02 Å². The molecule has 4 aromatic carbocycles. The summed E-state index contributed by atoms with van der Waals surface area (Å²) in [4.78, 5) is 29.1. The molecule has 0 unspecified atom stereocenters. The van der Waals surface area contributed by atoms with Crippen LogP contribution in [0.4, 0.5) is 10.1 Å². The minimum atomic E-state index is -0.835. The fourth-order valence-corrected chi connectivity index (χ4v) is 7.74. The SMILES string of the molecule is CCOC(=O)[C@@H](Cc1ccccc1OCc1ccnc(-c2ccccc2OC)n1)Nc1ccnc2sc(-c3ccc(F)cc3)c(-c3ccc(O)c(Cl)c3C)c12. The predicted octanol–water partition coefficient (Wildman–Crippen LogP) is 10.1. The van der Waals surface area contributed by atoms with Crippen LogP contribution in [0.25, 0.3) is 43.2 Å². The molecular formula is C43H36ClFN4O5S. The van der Waals surface area contributed by atoms with E-state index in [9.17, 15) is 14.3 Å². The Labute approximate surface area is 326 Å². The second-order valence-electron chi connectivity index (χ2n) is 12.5. The van der Waals surface area contributed by atoms with Crippen LogP contribution in [0.3, 0.4) is 0 Å². The maximum atomic E-state index is 14.1. The highest BCUT2D eigenvalue weighted by Crippen LogP contribution is 2.49. The van der Waals surface area contributed by atoms with Gasteiger partial charge < -0.3 is 24.6 Å². The standard InChI is InChI=1S/C43H36ClFN4O5S/c1-4-53-43(51)33(23-27-9-5-7-11-35(27)54-24-29-19-21-46-41(48-29)31-10-6-8-12-36(31)52-3)49-32-20-22-47-42-38(32)37(30-17-18-34(50)39(44)25(30)2)40(55-42)26-13-15-28(45)16-14-26/h5-22,33,50H,4,23-24H2,1-3H3,(H,47,49)/t33-/m1/s1. The molecule has 12 heteroatoms. The van der Waals surface area contributed by atoms with Crippen molar-refractivity contribution in [2.75, 3.05) is 19.0 Å². The van der Waals surface area contributed by atoms with Crippen molar-refractivity contribution in [3.8, 4) is 50.2 Å². The number of carbonyl (C=O) groups excluding carboxylic acids is 1. The molecule has 0 aliphatic heterocycles. The zero-order valence-corrected chi connectivity index (χ0v) is 31.7. The maximum Gasteiger partial charge on any atom is 0.328 e.